The van der Waals surface area contributed by atoms with E-state index in [1.165, 1.54) is 0 Å². The zero-order chi connectivity index (χ0) is 8.43. The Hall–Kier alpha value is -0.380. The van der Waals surface area contributed by atoms with Crippen LogP contribution in [-0.4, -0.2) is 34.4 Å². The zero-order valence-corrected chi connectivity index (χ0v) is 7.82. The van der Waals surface area contributed by atoms with Crippen molar-refractivity contribution in [2.24, 2.45) is 5.73 Å². The first-order chi connectivity index (χ1) is 5.13. The molecule has 1 heterocycles. The van der Waals surface area contributed by atoms with Gasteiger partial charge in [-0.1, -0.05) is 6.92 Å². The van der Waals surface area contributed by atoms with Crippen molar-refractivity contribution >= 4 is 17.7 Å². The van der Waals surface area contributed by atoms with Crippen molar-refractivity contribution in [3.63, 3.8) is 0 Å². The summed E-state index contributed by atoms with van der Waals surface area (Å²) < 4.78 is 0. The molecule has 1 aliphatic heterocycles. The third kappa shape index (κ3) is 1.80. The Morgan fingerprint density at radius 1 is 1.64 bits per heavy atom. The summed E-state index contributed by atoms with van der Waals surface area (Å²) in [6.45, 7) is 5.23. The second kappa shape index (κ2) is 3.34. The number of hydrogen-bond acceptors (Lipinski definition) is 2. The summed E-state index contributed by atoms with van der Waals surface area (Å²) in [7, 11) is 0. The Morgan fingerprint density at radius 2 is 2.27 bits per heavy atom. The van der Waals surface area contributed by atoms with E-state index in [1.54, 1.807) is 0 Å². The molecule has 3 nitrogen and oxygen atoms in total. The minimum absolute atomic E-state index is 0.213. The maximum atomic E-state index is 7.30. The van der Waals surface area contributed by atoms with Crippen LogP contribution in [0.2, 0.25) is 0 Å². The van der Waals surface area contributed by atoms with Gasteiger partial charge < -0.3 is 10.6 Å². The van der Waals surface area contributed by atoms with Crippen LogP contribution in [-0.2, 0) is 0 Å². The van der Waals surface area contributed by atoms with Crippen molar-refractivity contribution in [1.82, 2.24) is 4.90 Å². The van der Waals surface area contributed by atoms with E-state index >= 15 is 0 Å². The van der Waals surface area contributed by atoms with Gasteiger partial charge in [0, 0.05) is 23.6 Å². The fraction of sp³-hybridized carbons (Fsp3) is 0.857. The molecule has 1 saturated heterocycles. The summed E-state index contributed by atoms with van der Waals surface area (Å²) in [5.41, 5.74) is 5.42. The number of hydrogen-bond donors (Lipinski definition) is 2. The molecular formula is C7H15N3S. The number of rotatable bonds is 0. The highest BCUT2D eigenvalue weighted by Gasteiger charge is 2.25. The van der Waals surface area contributed by atoms with E-state index in [-0.39, 0.29) is 5.96 Å². The van der Waals surface area contributed by atoms with Crippen LogP contribution in [0.5, 0.6) is 0 Å². The first-order valence-electron chi connectivity index (χ1n) is 3.85. The van der Waals surface area contributed by atoms with E-state index in [0.29, 0.717) is 11.3 Å². The van der Waals surface area contributed by atoms with Gasteiger partial charge in [0.25, 0.3) is 0 Å². The number of guanidine groups is 1. The third-order valence-corrected chi connectivity index (χ3v) is 3.53. The van der Waals surface area contributed by atoms with Crippen LogP contribution in [0.15, 0.2) is 0 Å². The molecule has 4 heteroatoms. The van der Waals surface area contributed by atoms with Crippen LogP contribution in [0.25, 0.3) is 0 Å². The second-order valence-corrected chi connectivity index (χ2v) is 4.38. The van der Waals surface area contributed by atoms with Crippen LogP contribution >= 0.6 is 11.8 Å². The number of thioether (sulfide) groups is 1. The molecule has 0 amide bonds. The summed E-state index contributed by atoms with van der Waals surface area (Å²) in [4.78, 5) is 1.96. The van der Waals surface area contributed by atoms with Gasteiger partial charge in [0.2, 0.25) is 0 Å². The van der Waals surface area contributed by atoms with Gasteiger partial charge in [-0.25, -0.2) is 0 Å². The molecule has 0 aromatic rings. The Labute approximate surface area is 71.8 Å². The topological polar surface area (TPSA) is 53.1 Å². The van der Waals surface area contributed by atoms with Crippen molar-refractivity contribution in [3.8, 4) is 0 Å². The summed E-state index contributed by atoms with van der Waals surface area (Å²) in [6, 6.07) is 0.409. The summed E-state index contributed by atoms with van der Waals surface area (Å²) >= 11 is 1.95. The quantitative estimate of drug-likeness (QED) is 0.419. The SMILES string of the molecule is CC1SCCN(C(=N)N)C1C. The third-order valence-electron chi connectivity index (χ3n) is 2.19. The predicted octanol–water partition coefficient (Wildman–Crippen LogP) is 0.706. The number of nitrogens with one attached hydrogen (secondary N) is 1. The standard InChI is InChI=1S/C7H15N3S/c1-5-6(2)11-4-3-10(5)7(8)9/h5-6H,3-4H2,1-2H3,(H3,8,9). The molecule has 2 atom stereocenters. The van der Waals surface area contributed by atoms with E-state index < -0.39 is 0 Å². The highest BCUT2D eigenvalue weighted by Crippen LogP contribution is 2.23. The van der Waals surface area contributed by atoms with E-state index in [9.17, 15) is 0 Å². The minimum atomic E-state index is 0.213. The maximum Gasteiger partial charge on any atom is 0.188 e. The normalized spacial score (nSPS) is 32.0. The molecule has 1 aliphatic rings. The lowest BCUT2D eigenvalue weighted by molar-refractivity contribution is 0.329. The van der Waals surface area contributed by atoms with Gasteiger partial charge in [-0.05, 0) is 6.92 Å². The van der Waals surface area contributed by atoms with Crippen molar-refractivity contribution in [1.29, 1.82) is 5.41 Å². The Balaban J connectivity index is 2.58. The van der Waals surface area contributed by atoms with Gasteiger partial charge in [-0.15, -0.1) is 0 Å². The molecule has 0 aromatic heterocycles. The Bertz CT molecular complexity index is 160. The zero-order valence-electron chi connectivity index (χ0n) is 7.00. The lowest BCUT2D eigenvalue weighted by Crippen LogP contribution is -2.50. The van der Waals surface area contributed by atoms with Gasteiger partial charge in [-0.2, -0.15) is 11.8 Å². The Kier molecular flexibility index (Phi) is 2.65. The van der Waals surface area contributed by atoms with Crippen LogP contribution in [0, 0.1) is 5.41 Å². The summed E-state index contributed by atoms with van der Waals surface area (Å²) in [5.74, 6) is 1.30. The van der Waals surface area contributed by atoms with Crippen LogP contribution in [0.1, 0.15) is 13.8 Å². The molecule has 0 bridgehead atoms. The molecule has 0 aromatic carbocycles. The van der Waals surface area contributed by atoms with Crippen LogP contribution in [0.4, 0.5) is 0 Å². The molecule has 1 rings (SSSR count). The molecule has 1 fully saturated rings. The molecule has 3 N–H and O–H groups in total. The second-order valence-electron chi connectivity index (χ2n) is 2.90. The van der Waals surface area contributed by atoms with Crippen molar-refractivity contribution in [2.45, 2.75) is 25.1 Å². The number of nitrogens with zero attached hydrogens (tertiary/aromatic N) is 1. The van der Waals surface area contributed by atoms with Gasteiger partial charge in [0.1, 0.15) is 0 Å². The van der Waals surface area contributed by atoms with Gasteiger partial charge in [0.05, 0.1) is 0 Å². The van der Waals surface area contributed by atoms with E-state index in [1.807, 2.05) is 16.7 Å². The average molecular weight is 173 g/mol. The predicted molar refractivity (Wildman–Crippen MR) is 50.0 cm³/mol. The summed E-state index contributed by atoms with van der Waals surface area (Å²) in [6.07, 6.45) is 0. The molecule has 0 saturated carbocycles. The lowest BCUT2D eigenvalue weighted by atomic mass is 10.2. The minimum Gasteiger partial charge on any atom is -0.370 e. The molecule has 0 aliphatic carbocycles. The Morgan fingerprint density at radius 3 is 2.73 bits per heavy atom. The molecule has 0 radical (unpaired) electrons. The first-order valence-corrected chi connectivity index (χ1v) is 4.90. The first kappa shape index (κ1) is 8.71. The van der Waals surface area contributed by atoms with E-state index in [0.717, 1.165) is 12.3 Å². The molecule has 64 valence electrons. The largest absolute Gasteiger partial charge is 0.370 e. The highest BCUT2D eigenvalue weighted by molar-refractivity contribution is 8.00. The van der Waals surface area contributed by atoms with E-state index in [2.05, 4.69) is 13.8 Å². The van der Waals surface area contributed by atoms with Crippen molar-refractivity contribution in [3.05, 3.63) is 0 Å². The molecule has 11 heavy (non-hydrogen) atoms. The van der Waals surface area contributed by atoms with Gasteiger partial charge >= 0.3 is 0 Å². The van der Waals surface area contributed by atoms with Crippen molar-refractivity contribution in [2.75, 3.05) is 12.3 Å². The van der Waals surface area contributed by atoms with Gasteiger partial charge in [0.15, 0.2) is 5.96 Å². The van der Waals surface area contributed by atoms with Crippen molar-refractivity contribution < 1.29 is 0 Å². The van der Waals surface area contributed by atoms with E-state index in [4.69, 9.17) is 11.1 Å². The molecule has 0 spiro atoms. The summed E-state index contributed by atoms with van der Waals surface area (Å²) in [5, 5.41) is 7.89. The molecule has 2 unspecified atom stereocenters. The fourth-order valence-corrected chi connectivity index (χ4v) is 2.37. The van der Waals surface area contributed by atoms with Crippen LogP contribution < -0.4 is 5.73 Å². The van der Waals surface area contributed by atoms with Gasteiger partial charge in [-0.3, -0.25) is 5.41 Å². The fourth-order valence-electron chi connectivity index (χ4n) is 1.27. The lowest BCUT2D eigenvalue weighted by Gasteiger charge is -2.37. The molecular weight excluding hydrogens is 158 g/mol. The van der Waals surface area contributed by atoms with Crippen LogP contribution in [0.3, 0.4) is 0 Å². The number of nitrogens with two attached hydrogens (primary N) is 1. The maximum absolute atomic E-state index is 7.30. The average Bonchev–Trinajstić information content (AvgIpc) is 1.94. The monoisotopic (exact) mass is 173 g/mol. The highest BCUT2D eigenvalue weighted by atomic mass is 32.2. The smallest absolute Gasteiger partial charge is 0.188 e.